The Labute approximate surface area is 240 Å². The predicted octanol–water partition coefficient (Wildman–Crippen LogP) is 6.78. The number of benzene rings is 3. The second-order valence-electron chi connectivity index (χ2n) is 8.40. The number of carbonyl (C=O) groups excluding carboxylic acids is 1. The number of nitrogens with zero attached hydrogens (tertiary/aromatic N) is 2. The highest BCUT2D eigenvalue weighted by Crippen LogP contribution is 2.42. The number of ether oxygens (including phenoxy) is 2. The summed E-state index contributed by atoms with van der Waals surface area (Å²) in [4.78, 5) is 28.7. The molecule has 0 saturated carbocycles. The van der Waals surface area contributed by atoms with Crippen molar-refractivity contribution >= 4 is 40.9 Å². The molecule has 0 bridgehead atoms. The number of halogens is 1. The first kappa shape index (κ1) is 28.5. The molecule has 10 heteroatoms. The number of nitrogens with one attached hydrogen (secondary N) is 1. The highest BCUT2D eigenvalue weighted by Gasteiger charge is 2.21. The van der Waals surface area contributed by atoms with Gasteiger partial charge in [-0.25, -0.2) is 9.78 Å². The summed E-state index contributed by atoms with van der Waals surface area (Å²) in [6, 6.07) is 23.2. The van der Waals surface area contributed by atoms with E-state index in [1.54, 1.807) is 20.3 Å². The highest BCUT2D eigenvalue weighted by atomic mass is 35.5. The summed E-state index contributed by atoms with van der Waals surface area (Å²) in [5.41, 5.74) is 3.38. The van der Waals surface area contributed by atoms with E-state index in [-0.39, 0.29) is 28.6 Å². The van der Waals surface area contributed by atoms with Gasteiger partial charge in [-0.15, -0.1) is 11.8 Å². The van der Waals surface area contributed by atoms with Gasteiger partial charge in [0.05, 0.1) is 41.8 Å². The lowest BCUT2D eigenvalue weighted by Gasteiger charge is -2.16. The number of rotatable bonds is 10. The van der Waals surface area contributed by atoms with Gasteiger partial charge in [-0.2, -0.15) is 5.26 Å². The van der Waals surface area contributed by atoms with Crippen LogP contribution >= 0.6 is 23.4 Å². The van der Waals surface area contributed by atoms with Gasteiger partial charge in [0.2, 0.25) is 5.91 Å². The molecule has 1 heterocycles. The van der Waals surface area contributed by atoms with Crippen LogP contribution in [0, 0.1) is 11.3 Å². The predicted molar refractivity (Wildman–Crippen MR) is 155 cm³/mol. The van der Waals surface area contributed by atoms with E-state index in [1.165, 1.54) is 30.0 Å². The van der Waals surface area contributed by atoms with Crippen molar-refractivity contribution in [2.75, 3.05) is 25.3 Å². The van der Waals surface area contributed by atoms with Crippen molar-refractivity contribution in [3.63, 3.8) is 0 Å². The molecule has 1 aromatic heterocycles. The molecule has 0 spiro atoms. The molecule has 4 rings (SSSR count). The van der Waals surface area contributed by atoms with E-state index in [1.807, 2.05) is 48.5 Å². The number of methoxy groups -OCH3 is 2. The molecule has 0 saturated heterocycles. The van der Waals surface area contributed by atoms with Crippen LogP contribution in [-0.2, 0) is 4.79 Å². The Bertz CT molecular complexity index is 1610. The fraction of sp³-hybridized carbons (Fsp3) is 0.133. The monoisotopic (exact) mass is 573 g/mol. The van der Waals surface area contributed by atoms with Crippen molar-refractivity contribution in [1.29, 1.82) is 5.26 Å². The fourth-order valence-corrected chi connectivity index (χ4v) is 5.12. The summed E-state index contributed by atoms with van der Waals surface area (Å²) in [6.45, 7) is 0. The van der Waals surface area contributed by atoms with Gasteiger partial charge in [-0.1, -0.05) is 54.1 Å². The molecule has 40 heavy (non-hydrogen) atoms. The van der Waals surface area contributed by atoms with E-state index >= 15 is 0 Å². The summed E-state index contributed by atoms with van der Waals surface area (Å²) in [5, 5.41) is 22.8. The molecular weight excluding hydrogens is 550 g/mol. The topological polar surface area (TPSA) is 122 Å². The van der Waals surface area contributed by atoms with Gasteiger partial charge >= 0.3 is 5.97 Å². The largest absolute Gasteiger partial charge is 0.493 e. The quantitative estimate of drug-likeness (QED) is 0.199. The van der Waals surface area contributed by atoms with Crippen LogP contribution in [0.25, 0.3) is 22.4 Å². The number of carbonyl (C=O) groups is 2. The normalized spacial score (nSPS) is 10.4. The van der Waals surface area contributed by atoms with E-state index in [9.17, 15) is 20.0 Å². The third kappa shape index (κ3) is 6.37. The second kappa shape index (κ2) is 13.0. The summed E-state index contributed by atoms with van der Waals surface area (Å²) in [7, 11) is 3.09. The summed E-state index contributed by atoms with van der Waals surface area (Å²) < 4.78 is 11.1. The molecule has 0 aliphatic heterocycles. The summed E-state index contributed by atoms with van der Waals surface area (Å²) in [6.07, 6.45) is 0.0677. The zero-order valence-electron chi connectivity index (χ0n) is 21.6. The number of hydrogen-bond acceptors (Lipinski definition) is 7. The molecule has 2 N–H and O–H groups in total. The van der Waals surface area contributed by atoms with Crippen molar-refractivity contribution in [2.24, 2.45) is 0 Å². The number of carboxylic acid groups (broad SMARTS) is 1. The van der Waals surface area contributed by atoms with Crippen molar-refractivity contribution in [1.82, 2.24) is 4.98 Å². The van der Waals surface area contributed by atoms with Gasteiger partial charge < -0.3 is 19.9 Å². The van der Waals surface area contributed by atoms with Crippen LogP contribution in [0.5, 0.6) is 11.5 Å². The first-order chi connectivity index (χ1) is 19.4. The van der Waals surface area contributed by atoms with E-state index in [2.05, 4.69) is 11.4 Å². The first-order valence-electron chi connectivity index (χ1n) is 12.0. The zero-order chi connectivity index (χ0) is 28.6. The summed E-state index contributed by atoms with van der Waals surface area (Å²) >= 11 is 7.40. The van der Waals surface area contributed by atoms with Gasteiger partial charge in [0.25, 0.3) is 0 Å². The molecule has 4 aromatic rings. The smallest absolute Gasteiger partial charge is 0.335 e. The number of carboxylic acids is 1. The third-order valence-electron chi connectivity index (χ3n) is 5.92. The molecule has 3 aromatic carbocycles. The Morgan fingerprint density at radius 1 is 1.02 bits per heavy atom. The number of anilines is 1. The average Bonchev–Trinajstić information content (AvgIpc) is 2.97. The Hall–Kier alpha value is -4.52. The van der Waals surface area contributed by atoms with Crippen LogP contribution < -0.4 is 14.8 Å². The molecule has 0 aliphatic carbocycles. The van der Waals surface area contributed by atoms with Crippen LogP contribution in [-0.4, -0.2) is 41.9 Å². The minimum atomic E-state index is -1.13. The second-order valence-corrected chi connectivity index (χ2v) is 9.89. The molecule has 202 valence electrons. The van der Waals surface area contributed by atoms with Gasteiger partial charge in [0, 0.05) is 28.9 Å². The minimum absolute atomic E-state index is 0.00941. The van der Waals surface area contributed by atoms with Gasteiger partial charge in [0.15, 0.2) is 11.5 Å². The maximum absolute atomic E-state index is 12.7. The standard InChI is InChI=1S/C30H24ClN3O5S/c1-38-26-10-6-9-20(28(26)39-2)21-16-24(18-7-4-3-5-8-18)34-29(22(21)17-32)40-14-13-27(35)33-25-15-19(30(36)37)11-12-23(25)31/h3-12,15-16H,13-14H2,1-2H3,(H,33,35)(H,36,37). The number of aromatic nitrogens is 1. The van der Waals surface area contributed by atoms with Crippen LogP contribution in [0.4, 0.5) is 5.69 Å². The van der Waals surface area contributed by atoms with E-state index < -0.39 is 5.97 Å². The van der Waals surface area contributed by atoms with Crippen LogP contribution in [0.3, 0.4) is 0 Å². The third-order valence-corrected chi connectivity index (χ3v) is 7.22. The van der Waals surface area contributed by atoms with Crippen molar-refractivity contribution in [3.05, 3.63) is 88.9 Å². The van der Waals surface area contributed by atoms with Crippen LogP contribution in [0.1, 0.15) is 22.3 Å². The van der Waals surface area contributed by atoms with E-state index in [4.69, 9.17) is 26.1 Å². The van der Waals surface area contributed by atoms with Crippen LogP contribution in [0.15, 0.2) is 77.8 Å². The lowest BCUT2D eigenvalue weighted by atomic mass is 9.98. The van der Waals surface area contributed by atoms with Crippen molar-refractivity contribution < 1.29 is 24.2 Å². The zero-order valence-corrected chi connectivity index (χ0v) is 23.2. The maximum atomic E-state index is 12.7. The number of hydrogen-bond donors (Lipinski definition) is 2. The number of amides is 1. The van der Waals surface area contributed by atoms with Gasteiger partial charge in [0.1, 0.15) is 11.1 Å². The fourth-order valence-electron chi connectivity index (χ4n) is 4.01. The molecule has 0 aliphatic rings. The lowest BCUT2D eigenvalue weighted by Crippen LogP contribution is -2.13. The maximum Gasteiger partial charge on any atom is 0.335 e. The number of para-hydroxylation sites is 1. The molecular formula is C30H24ClN3O5S. The van der Waals surface area contributed by atoms with Crippen molar-refractivity contribution in [3.8, 4) is 40.0 Å². The number of nitriles is 1. The van der Waals surface area contributed by atoms with Gasteiger partial charge in [-0.3, -0.25) is 4.79 Å². The number of thioether (sulfide) groups is 1. The lowest BCUT2D eigenvalue weighted by molar-refractivity contribution is -0.115. The molecule has 8 nitrogen and oxygen atoms in total. The van der Waals surface area contributed by atoms with Gasteiger partial charge in [-0.05, 0) is 30.3 Å². The van der Waals surface area contributed by atoms with E-state index in [0.29, 0.717) is 44.7 Å². The van der Waals surface area contributed by atoms with E-state index in [0.717, 1.165) is 5.56 Å². The van der Waals surface area contributed by atoms with Crippen molar-refractivity contribution in [2.45, 2.75) is 11.4 Å². The Balaban J connectivity index is 1.65. The number of aromatic carboxylic acids is 1. The average molecular weight is 574 g/mol. The highest BCUT2D eigenvalue weighted by molar-refractivity contribution is 7.99. The first-order valence-corrected chi connectivity index (χ1v) is 13.4. The Morgan fingerprint density at radius 2 is 1.80 bits per heavy atom. The molecule has 0 fully saturated rings. The molecule has 0 radical (unpaired) electrons. The summed E-state index contributed by atoms with van der Waals surface area (Å²) in [5.74, 6) is -0.165. The Morgan fingerprint density at radius 3 is 2.48 bits per heavy atom. The number of pyridine rings is 1. The molecule has 1 amide bonds. The van der Waals surface area contributed by atoms with Crippen LogP contribution in [0.2, 0.25) is 5.02 Å². The Kier molecular flexibility index (Phi) is 9.27. The SMILES string of the molecule is COc1cccc(-c2cc(-c3ccccc3)nc(SCCC(=O)Nc3cc(C(=O)O)ccc3Cl)c2C#N)c1OC. The molecule has 0 atom stereocenters. The minimum Gasteiger partial charge on any atom is -0.493 e. The molecule has 0 unspecified atom stereocenters.